The second-order valence-electron chi connectivity index (χ2n) is 7.55. The van der Waals surface area contributed by atoms with E-state index in [-0.39, 0.29) is 11.9 Å². The molecule has 0 radical (unpaired) electrons. The first-order chi connectivity index (χ1) is 15.6. The highest BCUT2D eigenvalue weighted by Crippen LogP contribution is 2.33. The molecule has 0 spiro atoms. The van der Waals surface area contributed by atoms with Crippen molar-refractivity contribution in [3.8, 4) is 5.75 Å². The molecule has 3 N–H and O–H groups in total. The van der Waals surface area contributed by atoms with Gasteiger partial charge in [-0.05, 0) is 24.1 Å². The highest BCUT2D eigenvalue weighted by molar-refractivity contribution is 5.98. The first-order valence-corrected chi connectivity index (χ1v) is 10.5. The number of urea groups is 1. The van der Waals surface area contributed by atoms with Crippen LogP contribution in [0.5, 0.6) is 5.75 Å². The predicted octanol–water partition coefficient (Wildman–Crippen LogP) is 4.21. The van der Waals surface area contributed by atoms with Gasteiger partial charge in [0.05, 0.1) is 11.6 Å². The number of benzene rings is 3. The molecule has 3 aromatic rings. The molecule has 1 aliphatic heterocycles. The lowest BCUT2D eigenvalue weighted by Crippen LogP contribution is -2.47. The fourth-order valence-electron chi connectivity index (χ4n) is 3.69. The smallest absolute Gasteiger partial charge is 0.319 e. The van der Waals surface area contributed by atoms with Crippen LogP contribution in [0.1, 0.15) is 29.7 Å². The molecular formula is C26H25N3O3. The Morgan fingerprint density at radius 3 is 2.25 bits per heavy atom. The molecule has 162 valence electrons. The van der Waals surface area contributed by atoms with E-state index in [0.717, 1.165) is 16.7 Å². The zero-order valence-electron chi connectivity index (χ0n) is 17.8. The average Bonchev–Trinajstić information content (AvgIpc) is 2.82. The van der Waals surface area contributed by atoms with Crippen molar-refractivity contribution in [1.82, 2.24) is 16.0 Å². The third kappa shape index (κ3) is 4.98. The molecule has 1 atom stereocenters. The summed E-state index contributed by atoms with van der Waals surface area (Å²) in [6, 6.07) is 26.0. The van der Waals surface area contributed by atoms with Crippen molar-refractivity contribution in [3.63, 3.8) is 0 Å². The number of nitrogens with one attached hydrogen (secondary N) is 3. The Labute approximate surface area is 187 Å². The van der Waals surface area contributed by atoms with Crippen molar-refractivity contribution < 1.29 is 14.3 Å². The fraction of sp³-hybridized carbons (Fsp3) is 0.154. The lowest BCUT2D eigenvalue weighted by Gasteiger charge is -2.29. The number of carbonyl (C=O) groups excluding carboxylic acids is 2. The molecule has 0 saturated carbocycles. The zero-order chi connectivity index (χ0) is 22.3. The molecular weight excluding hydrogens is 402 g/mol. The summed E-state index contributed by atoms with van der Waals surface area (Å²) in [5, 5.41) is 8.56. The Morgan fingerprint density at radius 2 is 1.53 bits per heavy atom. The van der Waals surface area contributed by atoms with E-state index < -0.39 is 6.04 Å². The maximum Gasteiger partial charge on any atom is 0.319 e. The molecule has 3 aromatic carbocycles. The summed E-state index contributed by atoms with van der Waals surface area (Å²) in [4.78, 5) is 25.4. The van der Waals surface area contributed by atoms with Crippen molar-refractivity contribution in [3.05, 3.63) is 113 Å². The van der Waals surface area contributed by atoms with Crippen molar-refractivity contribution in [2.24, 2.45) is 0 Å². The van der Waals surface area contributed by atoms with Crippen LogP contribution < -0.4 is 20.7 Å². The SMILES string of the molecule is CC1=C(C(=O)NCc2ccccc2)[C@H](c2ccccc2OCc2ccccc2)NC(=O)N1. The topological polar surface area (TPSA) is 79.5 Å². The minimum Gasteiger partial charge on any atom is -0.489 e. The van der Waals surface area contributed by atoms with Gasteiger partial charge in [-0.15, -0.1) is 0 Å². The number of hydrogen-bond acceptors (Lipinski definition) is 3. The van der Waals surface area contributed by atoms with Gasteiger partial charge in [-0.1, -0.05) is 78.9 Å². The summed E-state index contributed by atoms with van der Waals surface area (Å²) in [6.07, 6.45) is 0. The van der Waals surface area contributed by atoms with Gasteiger partial charge in [0.1, 0.15) is 12.4 Å². The molecule has 1 heterocycles. The van der Waals surface area contributed by atoms with Crippen LogP contribution in [0.4, 0.5) is 4.79 Å². The maximum atomic E-state index is 13.2. The van der Waals surface area contributed by atoms with Crippen LogP contribution in [-0.2, 0) is 17.9 Å². The van der Waals surface area contributed by atoms with Crippen molar-refractivity contribution in [2.45, 2.75) is 26.1 Å². The van der Waals surface area contributed by atoms with E-state index in [2.05, 4.69) is 16.0 Å². The van der Waals surface area contributed by atoms with Gasteiger partial charge >= 0.3 is 6.03 Å². The molecule has 0 aliphatic carbocycles. The van der Waals surface area contributed by atoms with Gasteiger partial charge in [0, 0.05) is 17.8 Å². The monoisotopic (exact) mass is 427 g/mol. The Morgan fingerprint density at radius 1 is 0.906 bits per heavy atom. The second-order valence-corrected chi connectivity index (χ2v) is 7.55. The molecule has 6 heteroatoms. The summed E-state index contributed by atoms with van der Waals surface area (Å²) in [5.74, 6) is 0.367. The number of allylic oxidation sites excluding steroid dienone is 1. The third-order valence-corrected chi connectivity index (χ3v) is 5.28. The Bertz CT molecular complexity index is 1130. The number of hydrogen-bond donors (Lipinski definition) is 3. The molecule has 0 aromatic heterocycles. The van der Waals surface area contributed by atoms with E-state index in [1.165, 1.54) is 0 Å². The van der Waals surface area contributed by atoms with Gasteiger partial charge < -0.3 is 20.7 Å². The highest BCUT2D eigenvalue weighted by Gasteiger charge is 2.32. The molecule has 4 rings (SSSR count). The van der Waals surface area contributed by atoms with Gasteiger partial charge in [0.2, 0.25) is 0 Å². The minimum absolute atomic E-state index is 0.248. The molecule has 0 fully saturated rings. The maximum absolute atomic E-state index is 13.2. The molecule has 6 nitrogen and oxygen atoms in total. The number of para-hydroxylation sites is 1. The van der Waals surface area contributed by atoms with E-state index in [4.69, 9.17) is 4.74 Å². The van der Waals surface area contributed by atoms with Crippen LogP contribution in [0.15, 0.2) is 96.2 Å². The largest absolute Gasteiger partial charge is 0.489 e. The van der Waals surface area contributed by atoms with E-state index >= 15 is 0 Å². The summed E-state index contributed by atoms with van der Waals surface area (Å²) >= 11 is 0. The Kier molecular flexibility index (Phi) is 6.51. The number of carbonyl (C=O) groups is 2. The molecule has 0 unspecified atom stereocenters. The summed E-state index contributed by atoms with van der Waals surface area (Å²) in [5.41, 5.74) is 3.72. The quantitative estimate of drug-likeness (QED) is 0.529. The lowest BCUT2D eigenvalue weighted by atomic mass is 9.94. The summed E-state index contributed by atoms with van der Waals surface area (Å²) < 4.78 is 6.08. The van der Waals surface area contributed by atoms with Crippen LogP contribution in [-0.4, -0.2) is 11.9 Å². The molecule has 32 heavy (non-hydrogen) atoms. The first-order valence-electron chi connectivity index (χ1n) is 10.5. The van der Waals surface area contributed by atoms with E-state index in [1.54, 1.807) is 6.92 Å². The van der Waals surface area contributed by atoms with Gasteiger partial charge in [-0.2, -0.15) is 0 Å². The summed E-state index contributed by atoms with van der Waals surface area (Å²) in [7, 11) is 0. The van der Waals surface area contributed by atoms with Gasteiger partial charge in [0.15, 0.2) is 0 Å². The Hall–Kier alpha value is -4.06. The number of ether oxygens (including phenoxy) is 1. The van der Waals surface area contributed by atoms with Gasteiger partial charge in [-0.25, -0.2) is 4.79 Å². The van der Waals surface area contributed by atoms with Crippen molar-refractivity contribution in [2.75, 3.05) is 0 Å². The van der Waals surface area contributed by atoms with E-state index in [9.17, 15) is 9.59 Å². The number of amides is 3. The normalized spacial score (nSPS) is 15.5. The van der Waals surface area contributed by atoms with Crippen LogP contribution in [0.25, 0.3) is 0 Å². The molecule has 1 aliphatic rings. The zero-order valence-corrected chi connectivity index (χ0v) is 17.8. The van der Waals surface area contributed by atoms with Crippen LogP contribution in [0, 0.1) is 0 Å². The minimum atomic E-state index is -0.633. The highest BCUT2D eigenvalue weighted by atomic mass is 16.5. The van der Waals surface area contributed by atoms with E-state index in [0.29, 0.717) is 30.2 Å². The van der Waals surface area contributed by atoms with Gasteiger partial charge in [-0.3, -0.25) is 4.79 Å². The van der Waals surface area contributed by atoms with Crippen LogP contribution in [0.3, 0.4) is 0 Å². The van der Waals surface area contributed by atoms with Crippen molar-refractivity contribution >= 4 is 11.9 Å². The Balaban J connectivity index is 1.58. The molecule has 0 saturated heterocycles. The molecule has 0 bridgehead atoms. The third-order valence-electron chi connectivity index (χ3n) is 5.28. The van der Waals surface area contributed by atoms with Crippen LogP contribution >= 0.6 is 0 Å². The lowest BCUT2D eigenvalue weighted by molar-refractivity contribution is -0.118. The van der Waals surface area contributed by atoms with Crippen LogP contribution in [0.2, 0.25) is 0 Å². The van der Waals surface area contributed by atoms with Gasteiger partial charge in [0.25, 0.3) is 5.91 Å². The van der Waals surface area contributed by atoms with E-state index in [1.807, 2.05) is 84.9 Å². The predicted molar refractivity (Wildman–Crippen MR) is 123 cm³/mol. The second kappa shape index (κ2) is 9.83. The molecule has 3 amide bonds. The summed E-state index contributed by atoms with van der Waals surface area (Å²) in [6.45, 7) is 2.51. The standard InChI is InChI=1S/C26H25N3O3/c1-18-23(25(30)27-16-19-10-4-2-5-11-19)24(29-26(31)28-18)21-14-8-9-15-22(21)32-17-20-12-6-3-7-13-20/h2-15,24H,16-17H2,1H3,(H,27,30)(H2,28,29,31)/t24-/m0/s1. The van der Waals surface area contributed by atoms with Crippen molar-refractivity contribution in [1.29, 1.82) is 0 Å². The fourth-order valence-corrected chi connectivity index (χ4v) is 3.69. The number of rotatable bonds is 7. The average molecular weight is 428 g/mol. The first kappa shape index (κ1) is 21.2.